The smallest absolute Gasteiger partial charge is 0.410 e. The molecule has 0 saturated heterocycles. The predicted octanol–water partition coefficient (Wildman–Crippen LogP) is 4.98. The molecule has 0 aliphatic carbocycles. The Morgan fingerprint density at radius 3 is 2.70 bits per heavy atom. The normalized spacial score (nSPS) is 14.8. The molecule has 5 nitrogen and oxygen atoms in total. The van der Waals surface area contributed by atoms with Gasteiger partial charge in [-0.05, 0) is 58.7 Å². The summed E-state index contributed by atoms with van der Waals surface area (Å²) in [6, 6.07) is 7.59. The molecular formula is C22H31NO4. The highest BCUT2D eigenvalue weighted by Gasteiger charge is 2.24. The molecule has 0 atom stereocenters. The molecule has 1 aromatic carbocycles. The second kappa shape index (κ2) is 9.49. The summed E-state index contributed by atoms with van der Waals surface area (Å²) in [4.78, 5) is 13.8. The highest BCUT2D eigenvalue weighted by atomic mass is 16.6. The van der Waals surface area contributed by atoms with Crippen molar-refractivity contribution >= 4 is 6.09 Å². The molecule has 0 bridgehead atoms. The Kier molecular flexibility index (Phi) is 7.34. The SMILES string of the molecule is COc1cccc(OC/C=C(\C)CCC2=CCN(C(=O)OC(C)(C)C)C2)c1. The molecule has 0 spiro atoms. The van der Waals surface area contributed by atoms with E-state index in [1.807, 2.05) is 45.0 Å². The van der Waals surface area contributed by atoms with Gasteiger partial charge in [0.15, 0.2) is 0 Å². The Labute approximate surface area is 162 Å². The fraction of sp³-hybridized carbons (Fsp3) is 0.500. The third-order valence-corrected chi connectivity index (χ3v) is 4.21. The maximum absolute atomic E-state index is 12.1. The van der Waals surface area contributed by atoms with Gasteiger partial charge in [0.05, 0.1) is 7.11 Å². The average molecular weight is 373 g/mol. The summed E-state index contributed by atoms with van der Waals surface area (Å²) in [5.41, 5.74) is 2.10. The molecule has 27 heavy (non-hydrogen) atoms. The van der Waals surface area contributed by atoms with Crippen molar-refractivity contribution < 1.29 is 19.0 Å². The number of benzene rings is 1. The summed E-state index contributed by atoms with van der Waals surface area (Å²) in [5, 5.41) is 0. The van der Waals surface area contributed by atoms with Gasteiger partial charge in [0.2, 0.25) is 0 Å². The summed E-state index contributed by atoms with van der Waals surface area (Å²) in [5.74, 6) is 1.58. The van der Waals surface area contributed by atoms with Gasteiger partial charge < -0.3 is 19.1 Å². The molecule has 2 rings (SSSR count). The van der Waals surface area contributed by atoms with Crippen LogP contribution in [0.15, 0.2) is 47.6 Å². The lowest BCUT2D eigenvalue weighted by Gasteiger charge is -2.24. The van der Waals surface area contributed by atoms with Gasteiger partial charge in [-0.15, -0.1) is 0 Å². The molecule has 0 radical (unpaired) electrons. The van der Waals surface area contributed by atoms with Gasteiger partial charge >= 0.3 is 6.09 Å². The first-order valence-electron chi connectivity index (χ1n) is 9.35. The maximum atomic E-state index is 12.1. The molecular weight excluding hydrogens is 342 g/mol. The van der Waals surface area contributed by atoms with Crippen molar-refractivity contribution in [3.63, 3.8) is 0 Å². The standard InChI is InChI=1S/C22H31NO4/c1-17(12-14-26-20-8-6-7-19(15-20)25-5)9-10-18-11-13-23(16-18)21(24)27-22(2,3)4/h6-8,11-12,15H,9-10,13-14,16H2,1-5H3/b17-12+. The predicted molar refractivity (Wildman–Crippen MR) is 107 cm³/mol. The van der Waals surface area contributed by atoms with E-state index in [1.165, 1.54) is 11.1 Å². The molecule has 0 N–H and O–H groups in total. The first-order chi connectivity index (χ1) is 12.8. The highest BCUT2D eigenvalue weighted by Crippen LogP contribution is 2.21. The monoisotopic (exact) mass is 373 g/mol. The van der Waals surface area contributed by atoms with Crippen LogP contribution in [0.1, 0.15) is 40.5 Å². The van der Waals surface area contributed by atoms with Crippen LogP contribution in [-0.2, 0) is 4.74 Å². The molecule has 1 aliphatic heterocycles. The summed E-state index contributed by atoms with van der Waals surface area (Å²) < 4.78 is 16.4. The van der Waals surface area contributed by atoms with Gasteiger partial charge in [0, 0.05) is 19.2 Å². The lowest BCUT2D eigenvalue weighted by atomic mass is 10.1. The number of methoxy groups -OCH3 is 1. The second-order valence-electron chi connectivity index (χ2n) is 7.76. The van der Waals surface area contributed by atoms with E-state index >= 15 is 0 Å². The number of ether oxygens (including phenoxy) is 3. The van der Waals surface area contributed by atoms with Crippen molar-refractivity contribution in [2.75, 3.05) is 26.8 Å². The van der Waals surface area contributed by atoms with E-state index < -0.39 is 5.60 Å². The minimum absolute atomic E-state index is 0.243. The van der Waals surface area contributed by atoms with E-state index in [2.05, 4.69) is 19.1 Å². The van der Waals surface area contributed by atoms with E-state index in [9.17, 15) is 4.79 Å². The molecule has 1 aliphatic rings. The highest BCUT2D eigenvalue weighted by molar-refractivity contribution is 5.69. The van der Waals surface area contributed by atoms with E-state index in [4.69, 9.17) is 14.2 Å². The molecule has 0 saturated carbocycles. The largest absolute Gasteiger partial charge is 0.497 e. The van der Waals surface area contributed by atoms with Crippen LogP contribution in [0.25, 0.3) is 0 Å². The van der Waals surface area contributed by atoms with Crippen LogP contribution in [0.3, 0.4) is 0 Å². The molecule has 148 valence electrons. The van der Waals surface area contributed by atoms with Crippen LogP contribution in [0, 0.1) is 0 Å². The second-order valence-corrected chi connectivity index (χ2v) is 7.76. The zero-order chi connectivity index (χ0) is 19.9. The number of hydrogen-bond acceptors (Lipinski definition) is 4. The van der Waals surface area contributed by atoms with Crippen LogP contribution >= 0.6 is 0 Å². The Morgan fingerprint density at radius 2 is 2.00 bits per heavy atom. The van der Waals surface area contributed by atoms with Crippen LogP contribution in [0.5, 0.6) is 11.5 Å². The average Bonchev–Trinajstić information content (AvgIpc) is 3.08. The van der Waals surface area contributed by atoms with E-state index in [0.717, 1.165) is 24.3 Å². The number of hydrogen-bond donors (Lipinski definition) is 0. The molecule has 0 aromatic heterocycles. The fourth-order valence-corrected chi connectivity index (χ4v) is 2.69. The number of allylic oxidation sites excluding steroid dienone is 1. The van der Waals surface area contributed by atoms with Gasteiger partial charge in [-0.25, -0.2) is 4.79 Å². The Hall–Kier alpha value is -2.43. The molecule has 0 fully saturated rings. The zero-order valence-corrected chi connectivity index (χ0v) is 17.1. The van der Waals surface area contributed by atoms with Gasteiger partial charge in [-0.1, -0.05) is 23.3 Å². The molecule has 1 heterocycles. The first kappa shape index (κ1) is 20.9. The quantitative estimate of drug-likeness (QED) is 0.633. The molecule has 1 aromatic rings. The number of carbonyl (C=O) groups excluding carboxylic acids is 1. The van der Waals surface area contributed by atoms with E-state index in [1.54, 1.807) is 12.0 Å². The van der Waals surface area contributed by atoms with E-state index in [0.29, 0.717) is 19.7 Å². The number of rotatable bonds is 7. The lowest BCUT2D eigenvalue weighted by Crippen LogP contribution is -2.35. The zero-order valence-electron chi connectivity index (χ0n) is 17.1. The van der Waals surface area contributed by atoms with Gasteiger partial charge in [0.1, 0.15) is 23.7 Å². The summed E-state index contributed by atoms with van der Waals surface area (Å²) in [6.45, 7) is 9.58. The van der Waals surface area contributed by atoms with Crippen molar-refractivity contribution in [3.05, 3.63) is 47.6 Å². The first-order valence-corrected chi connectivity index (χ1v) is 9.35. The number of nitrogens with zero attached hydrogens (tertiary/aromatic N) is 1. The lowest BCUT2D eigenvalue weighted by molar-refractivity contribution is 0.0301. The van der Waals surface area contributed by atoms with Gasteiger partial charge in [0.25, 0.3) is 0 Å². The van der Waals surface area contributed by atoms with Crippen LogP contribution in [-0.4, -0.2) is 43.4 Å². The maximum Gasteiger partial charge on any atom is 0.410 e. The third kappa shape index (κ3) is 7.37. The Morgan fingerprint density at radius 1 is 1.26 bits per heavy atom. The minimum Gasteiger partial charge on any atom is -0.497 e. The molecule has 5 heteroatoms. The van der Waals surface area contributed by atoms with Crippen molar-refractivity contribution in [1.29, 1.82) is 0 Å². The van der Waals surface area contributed by atoms with Crippen molar-refractivity contribution in [3.8, 4) is 11.5 Å². The number of amides is 1. The summed E-state index contributed by atoms with van der Waals surface area (Å²) in [6.07, 6.45) is 5.88. The van der Waals surface area contributed by atoms with Crippen molar-refractivity contribution in [1.82, 2.24) is 4.90 Å². The van der Waals surface area contributed by atoms with E-state index in [-0.39, 0.29) is 6.09 Å². The Balaban J connectivity index is 1.71. The summed E-state index contributed by atoms with van der Waals surface area (Å²) in [7, 11) is 1.64. The Bertz CT molecular complexity index is 701. The van der Waals surface area contributed by atoms with Crippen molar-refractivity contribution in [2.24, 2.45) is 0 Å². The fourth-order valence-electron chi connectivity index (χ4n) is 2.69. The van der Waals surface area contributed by atoms with Gasteiger partial charge in [-0.2, -0.15) is 0 Å². The molecule has 0 unspecified atom stereocenters. The van der Waals surface area contributed by atoms with Crippen molar-refractivity contribution in [2.45, 2.75) is 46.1 Å². The third-order valence-electron chi connectivity index (χ3n) is 4.21. The molecule has 1 amide bonds. The van der Waals surface area contributed by atoms with Crippen LogP contribution in [0.2, 0.25) is 0 Å². The number of carbonyl (C=O) groups is 1. The van der Waals surface area contributed by atoms with Crippen LogP contribution in [0.4, 0.5) is 4.79 Å². The topological polar surface area (TPSA) is 48.0 Å². The van der Waals surface area contributed by atoms with Gasteiger partial charge in [-0.3, -0.25) is 0 Å². The summed E-state index contributed by atoms with van der Waals surface area (Å²) >= 11 is 0. The minimum atomic E-state index is -0.456. The van der Waals surface area contributed by atoms with Crippen LogP contribution < -0.4 is 9.47 Å².